The summed E-state index contributed by atoms with van der Waals surface area (Å²) in [5.41, 5.74) is 1.14. The van der Waals surface area contributed by atoms with Crippen LogP contribution in [-0.4, -0.2) is 20.2 Å². The van der Waals surface area contributed by atoms with Crippen molar-refractivity contribution < 1.29 is 9.22 Å². The van der Waals surface area contributed by atoms with E-state index < -0.39 is 8.32 Å². The Morgan fingerprint density at radius 3 is 2.39 bits per heavy atom. The molecular formula is C33H48O2Si. The highest BCUT2D eigenvalue weighted by atomic mass is 28.4. The Morgan fingerprint density at radius 1 is 1.06 bits per heavy atom. The summed E-state index contributed by atoms with van der Waals surface area (Å²) in [7, 11) is -1.90. The molecule has 3 rings (SSSR count). The lowest BCUT2D eigenvalue weighted by molar-refractivity contribution is -0.127. The van der Waals surface area contributed by atoms with Gasteiger partial charge in [-0.1, -0.05) is 88.0 Å². The normalized spacial score (nSPS) is 23.3. The molecule has 0 heterocycles. The summed E-state index contributed by atoms with van der Waals surface area (Å²) in [6, 6.07) is 10.3. The van der Waals surface area contributed by atoms with Crippen LogP contribution in [0.2, 0.25) is 18.1 Å². The molecule has 1 aromatic carbocycles. The van der Waals surface area contributed by atoms with Gasteiger partial charge in [0.25, 0.3) is 0 Å². The molecule has 196 valence electrons. The van der Waals surface area contributed by atoms with Crippen molar-refractivity contribution >= 4 is 14.1 Å². The van der Waals surface area contributed by atoms with E-state index in [2.05, 4.69) is 101 Å². The summed E-state index contributed by atoms with van der Waals surface area (Å²) in [6.07, 6.45) is 19.6. The second-order valence-corrected chi connectivity index (χ2v) is 17.7. The minimum atomic E-state index is -1.90. The Kier molecular flexibility index (Phi) is 9.64. The molecule has 0 spiro atoms. The molecule has 2 fully saturated rings. The highest BCUT2D eigenvalue weighted by molar-refractivity contribution is 6.74. The van der Waals surface area contributed by atoms with Crippen molar-refractivity contribution in [3.05, 3.63) is 60.2 Å². The lowest BCUT2D eigenvalue weighted by atomic mass is 9.64. The van der Waals surface area contributed by atoms with Gasteiger partial charge in [0.15, 0.2) is 8.32 Å². The smallest absolute Gasteiger partial charge is 0.192 e. The van der Waals surface area contributed by atoms with E-state index in [4.69, 9.17) is 4.43 Å². The average molecular weight is 505 g/mol. The van der Waals surface area contributed by atoms with Crippen molar-refractivity contribution in [2.24, 2.45) is 10.8 Å². The summed E-state index contributed by atoms with van der Waals surface area (Å²) in [6.45, 7) is 13.7. The first-order chi connectivity index (χ1) is 16.9. The fourth-order valence-corrected chi connectivity index (χ4v) is 6.39. The first-order valence-corrected chi connectivity index (χ1v) is 17.0. The van der Waals surface area contributed by atoms with Crippen molar-refractivity contribution in [2.45, 2.75) is 116 Å². The summed E-state index contributed by atoms with van der Waals surface area (Å²) in [5.74, 6) is 7.25. The van der Waals surface area contributed by atoms with Gasteiger partial charge in [-0.2, -0.15) is 0 Å². The van der Waals surface area contributed by atoms with Gasteiger partial charge in [-0.15, -0.1) is 0 Å². The van der Waals surface area contributed by atoms with E-state index in [0.717, 1.165) is 50.5 Å². The van der Waals surface area contributed by atoms with Crippen molar-refractivity contribution in [2.75, 3.05) is 0 Å². The Hall–Kier alpha value is -1.89. The van der Waals surface area contributed by atoms with Crippen LogP contribution >= 0.6 is 0 Å². The number of Topliss-reactive ketones (excluding diaryl/α,β-unsaturated/α-hetero) is 1. The number of hydrogen-bond donors (Lipinski definition) is 0. The molecule has 1 aromatic rings. The van der Waals surface area contributed by atoms with Crippen LogP contribution in [0.15, 0.2) is 54.6 Å². The predicted octanol–water partition coefficient (Wildman–Crippen LogP) is 9.03. The van der Waals surface area contributed by atoms with Crippen LogP contribution in [0.1, 0.15) is 97.5 Å². The summed E-state index contributed by atoms with van der Waals surface area (Å²) in [4.78, 5) is 12.5. The third-order valence-electron chi connectivity index (χ3n) is 8.98. The molecule has 2 nitrogen and oxygen atoms in total. The Bertz CT molecular complexity index is 982. The Labute approximate surface area is 222 Å². The van der Waals surface area contributed by atoms with Crippen molar-refractivity contribution in [3.63, 3.8) is 0 Å². The van der Waals surface area contributed by atoms with Crippen LogP contribution in [0.5, 0.6) is 0 Å². The number of carbonyl (C=O) groups excluding carboxylic acids is 1. The molecule has 3 heteroatoms. The van der Waals surface area contributed by atoms with Crippen LogP contribution < -0.4 is 0 Å². The van der Waals surface area contributed by atoms with Gasteiger partial charge < -0.3 is 4.43 Å². The molecule has 0 aliphatic heterocycles. The predicted molar refractivity (Wildman–Crippen MR) is 155 cm³/mol. The molecule has 0 radical (unpaired) electrons. The maximum absolute atomic E-state index is 12.5. The van der Waals surface area contributed by atoms with Gasteiger partial charge in [0, 0.05) is 23.8 Å². The second-order valence-electron chi connectivity index (χ2n) is 12.9. The monoisotopic (exact) mass is 504 g/mol. The van der Waals surface area contributed by atoms with Gasteiger partial charge in [0.05, 0.1) is 6.10 Å². The van der Waals surface area contributed by atoms with Crippen LogP contribution in [-0.2, 0) is 9.22 Å². The standard InChI is InChI=1S/C33H48O2Si/c1-31(2,3)36(5,6)35-29(19-10-12-22-32(4)23-13-11-20-30(32)34)21-27-33(25-15-26-33)24-14-18-28-16-8-7-9-17-28/h7-10,12,16-17,19,22,29H,11,13,15,20-21,23-27H2,1-6H3/b19-10+,22-12+. The zero-order valence-electron chi connectivity index (χ0n) is 23.7. The van der Waals surface area contributed by atoms with Crippen LogP contribution in [0.4, 0.5) is 0 Å². The minimum absolute atomic E-state index is 0.102. The van der Waals surface area contributed by atoms with E-state index in [1.165, 1.54) is 19.3 Å². The van der Waals surface area contributed by atoms with Crippen molar-refractivity contribution in [1.29, 1.82) is 0 Å². The van der Waals surface area contributed by atoms with Gasteiger partial charge in [-0.3, -0.25) is 4.79 Å². The number of ketones is 1. The molecule has 0 bridgehead atoms. The topological polar surface area (TPSA) is 26.3 Å². The first kappa shape index (κ1) is 28.7. The van der Waals surface area contributed by atoms with Gasteiger partial charge in [-0.25, -0.2) is 0 Å². The minimum Gasteiger partial charge on any atom is -0.411 e. The van der Waals surface area contributed by atoms with Crippen LogP contribution in [0.25, 0.3) is 0 Å². The molecule has 36 heavy (non-hydrogen) atoms. The Balaban J connectivity index is 1.68. The largest absolute Gasteiger partial charge is 0.411 e. The van der Waals surface area contributed by atoms with Gasteiger partial charge in [0.1, 0.15) is 5.78 Å². The number of hydrogen-bond acceptors (Lipinski definition) is 2. The molecule has 2 atom stereocenters. The fraction of sp³-hybridized carbons (Fsp3) is 0.606. The number of rotatable bonds is 9. The third kappa shape index (κ3) is 7.80. The number of benzene rings is 1. The highest BCUT2D eigenvalue weighted by Crippen LogP contribution is 2.48. The first-order valence-electron chi connectivity index (χ1n) is 14.1. The molecular weight excluding hydrogens is 456 g/mol. The molecule has 0 amide bonds. The van der Waals surface area contributed by atoms with Gasteiger partial charge in [-0.05, 0) is 81.1 Å². The third-order valence-corrected chi connectivity index (χ3v) is 13.5. The van der Waals surface area contributed by atoms with Gasteiger partial charge >= 0.3 is 0 Å². The maximum Gasteiger partial charge on any atom is 0.192 e. The van der Waals surface area contributed by atoms with Crippen LogP contribution in [0, 0.1) is 22.7 Å². The highest BCUT2D eigenvalue weighted by Gasteiger charge is 2.40. The zero-order chi connectivity index (χ0) is 26.3. The molecule has 2 saturated carbocycles. The zero-order valence-corrected chi connectivity index (χ0v) is 24.7. The van der Waals surface area contributed by atoms with Crippen molar-refractivity contribution in [1.82, 2.24) is 0 Å². The molecule has 0 aromatic heterocycles. The lowest BCUT2D eigenvalue weighted by Crippen LogP contribution is -2.44. The van der Waals surface area contributed by atoms with E-state index in [1.807, 2.05) is 6.07 Å². The van der Waals surface area contributed by atoms with E-state index in [-0.39, 0.29) is 16.6 Å². The molecule has 2 aliphatic carbocycles. The SMILES string of the molecule is CC1(/C=C/C=C/C(CCC2(CC#Cc3ccccc3)CCC2)O[Si](C)(C)C(C)(C)C)CCCCC1=O. The summed E-state index contributed by atoms with van der Waals surface area (Å²) >= 11 is 0. The lowest BCUT2D eigenvalue weighted by Gasteiger charge is -2.43. The summed E-state index contributed by atoms with van der Waals surface area (Å²) in [5, 5.41) is 0.173. The molecule has 0 N–H and O–H groups in total. The number of allylic oxidation sites excluding steroid dienone is 3. The summed E-state index contributed by atoms with van der Waals surface area (Å²) < 4.78 is 6.89. The van der Waals surface area contributed by atoms with E-state index >= 15 is 0 Å². The molecule has 2 unspecified atom stereocenters. The van der Waals surface area contributed by atoms with Gasteiger partial charge in [0.2, 0.25) is 0 Å². The molecule has 0 saturated heterocycles. The molecule has 2 aliphatic rings. The second kappa shape index (κ2) is 12.1. The fourth-order valence-electron chi connectivity index (χ4n) is 5.08. The maximum atomic E-state index is 12.5. The average Bonchev–Trinajstić information content (AvgIpc) is 2.79. The number of carbonyl (C=O) groups is 1. The van der Waals surface area contributed by atoms with E-state index in [0.29, 0.717) is 11.2 Å². The van der Waals surface area contributed by atoms with Crippen LogP contribution in [0.3, 0.4) is 0 Å². The van der Waals surface area contributed by atoms with E-state index in [1.54, 1.807) is 0 Å². The van der Waals surface area contributed by atoms with Crippen molar-refractivity contribution in [3.8, 4) is 11.8 Å². The Morgan fingerprint density at radius 2 is 1.78 bits per heavy atom. The van der Waals surface area contributed by atoms with E-state index in [9.17, 15) is 4.79 Å². The quantitative estimate of drug-likeness (QED) is 0.190.